The molecule has 0 aromatic rings. The van der Waals surface area contributed by atoms with Crippen molar-refractivity contribution in [3.63, 3.8) is 0 Å². The first-order valence-electron chi connectivity index (χ1n) is 2.90. The second-order valence-corrected chi connectivity index (χ2v) is 1.73. The zero-order valence-electron chi connectivity index (χ0n) is 5.92. The minimum atomic E-state index is -2.55. The number of nitrogens with one attached hydrogen (secondary N) is 2. The molecule has 0 radical (unpaired) electrons. The number of nitrogens with zero attached hydrogens (tertiary/aromatic N) is 1. The van der Waals surface area contributed by atoms with Crippen LogP contribution in [0.3, 0.4) is 0 Å². The van der Waals surface area contributed by atoms with Gasteiger partial charge in [-0.3, -0.25) is 5.41 Å². The highest BCUT2D eigenvalue weighted by molar-refractivity contribution is 6.57. The number of aliphatic carboxylic acids is 1. The van der Waals surface area contributed by atoms with Crippen LogP contribution >= 0.6 is 0 Å². The molecule has 0 aromatic carbocycles. The van der Waals surface area contributed by atoms with Gasteiger partial charge in [-0.05, 0) is 0 Å². The lowest BCUT2D eigenvalue weighted by Crippen LogP contribution is -2.19. The molecule has 12 heavy (non-hydrogen) atoms. The van der Waals surface area contributed by atoms with Gasteiger partial charge in [-0.25, -0.2) is 13.6 Å². The summed E-state index contributed by atoms with van der Waals surface area (Å²) >= 11 is 0. The van der Waals surface area contributed by atoms with E-state index in [0.29, 0.717) is 6.21 Å². The van der Waals surface area contributed by atoms with Crippen molar-refractivity contribution in [2.45, 2.75) is 6.43 Å². The molecule has 0 amide bonds. The van der Waals surface area contributed by atoms with Gasteiger partial charge < -0.3 is 10.5 Å². The Morgan fingerprint density at radius 2 is 2.33 bits per heavy atom. The smallest absolute Gasteiger partial charge is 0.355 e. The van der Waals surface area contributed by atoms with Gasteiger partial charge in [0, 0.05) is 0 Å². The molecular formula is C5H7F2N3O2. The maximum Gasteiger partial charge on any atom is 0.355 e. The molecule has 68 valence electrons. The number of hydrazone groups is 1. The van der Waals surface area contributed by atoms with Crippen LogP contribution in [-0.4, -0.2) is 36.0 Å². The second-order valence-electron chi connectivity index (χ2n) is 1.73. The first-order valence-corrected chi connectivity index (χ1v) is 2.90. The Morgan fingerprint density at radius 1 is 1.75 bits per heavy atom. The molecule has 0 saturated carbocycles. The van der Waals surface area contributed by atoms with Gasteiger partial charge in [-0.15, -0.1) is 0 Å². The van der Waals surface area contributed by atoms with E-state index in [4.69, 9.17) is 10.5 Å². The molecule has 0 unspecified atom stereocenters. The van der Waals surface area contributed by atoms with Crippen LogP contribution in [0.5, 0.6) is 0 Å². The quantitative estimate of drug-likeness (QED) is 0.408. The average molecular weight is 179 g/mol. The van der Waals surface area contributed by atoms with Gasteiger partial charge in [0.2, 0.25) is 0 Å². The van der Waals surface area contributed by atoms with Crippen molar-refractivity contribution in [1.29, 1.82) is 5.41 Å². The topological polar surface area (TPSA) is 85.5 Å². The van der Waals surface area contributed by atoms with Crippen LogP contribution in [0.15, 0.2) is 5.10 Å². The van der Waals surface area contributed by atoms with Crippen molar-refractivity contribution in [3.05, 3.63) is 0 Å². The minimum Gasteiger partial charge on any atom is -0.476 e. The molecule has 0 aromatic heterocycles. The maximum atomic E-state index is 11.4. The fourth-order valence-electron chi connectivity index (χ4n) is 0.287. The molecule has 0 saturated heterocycles. The van der Waals surface area contributed by atoms with Gasteiger partial charge in [0.15, 0.2) is 5.71 Å². The Kier molecular flexibility index (Phi) is 4.51. The van der Waals surface area contributed by atoms with Gasteiger partial charge in [-0.2, -0.15) is 5.10 Å². The van der Waals surface area contributed by atoms with E-state index in [0.717, 1.165) is 0 Å². The minimum absolute atomic E-state index is 0.644. The molecule has 0 bridgehead atoms. The van der Waals surface area contributed by atoms with Crippen LogP contribution in [0, 0.1) is 5.41 Å². The fraction of sp³-hybridized carbons (Fsp3) is 0.400. The van der Waals surface area contributed by atoms with Gasteiger partial charge in [0.05, 0.1) is 12.8 Å². The van der Waals surface area contributed by atoms with Crippen molar-refractivity contribution < 1.29 is 18.7 Å². The number of rotatable bonds is 5. The van der Waals surface area contributed by atoms with Gasteiger partial charge in [0.25, 0.3) is 6.43 Å². The predicted molar refractivity (Wildman–Crippen MR) is 37.9 cm³/mol. The summed E-state index contributed by atoms with van der Waals surface area (Å²) in [5.41, 5.74) is 1.12. The predicted octanol–water partition coefficient (Wildman–Crippen LogP) is -0.0687. The molecule has 7 heteroatoms. The molecule has 0 aliphatic heterocycles. The van der Waals surface area contributed by atoms with Crippen LogP contribution in [0.25, 0.3) is 0 Å². The molecule has 0 heterocycles. The SMILES string of the molecule is N=C(/C=N\NCC(F)F)C(=O)O. The summed E-state index contributed by atoms with van der Waals surface area (Å²) in [7, 11) is 0. The standard InChI is InChI=1S/C5H7F2N3O2/c6-4(7)2-10-9-1-3(8)5(11)12/h1,4,8,10H,2H2,(H,11,12)/b8-3?,9-1-. The van der Waals surface area contributed by atoms with Crippen LogP contribution < -0.4 is 5.43 Å². The summed E-state index contributed by atoms with van der Waals surface area (Å²) in [5.74, 6) is -1.46. The highest BCUT2D eigenvalue weighted by atomic mass is 19.3. The molecule has 0 spiro atoms. The zero-order chi connectivity index (χ0) is 9.56. The highest BCUT2D eigenvalue weighted by Gasteiger charge is 2.02. The molecule has 0 aliphatic carbocycles. The summed E-state index contributed by atoms with van der Waals surface area (Å²) in [6, 6.07) is 0. The number of carboxylic acid groups (broad SMARTS) is 1. The van der Waals surface area contributed by atoms with E-state index >= 15 is 0 Å². The second kappa shape index (κ2) is 5.16. The molecule has 5 nitrogen and oxygen atoms in total. The lowest BCUT2D eigenvalue weighted by molar-refractivity contribution is -0.129. The molecule has 0 rings (SSSR count). The first-order chi connectivity index (χ1) is 5.54. The Labute approximate surface area is 66.6 Å². The van der Waals surface area contributed by atoms with E-state index in [-0.39, 0.29) is 0 Å². The van der Waals surface area contributed by atoms with E-state index in [1.807, 2.05) is 5.43 Å². The zero-order valence-corrected chi connectivity index (χ0v) is 5.92. The van der Waals surface area contributed by atoms with Gasteiger partial charge >= 0.3 is 5.97 Å². The van der Waals surface area contributed by atoms with Crippen LogP contribution in [0.1, 0.15) is 0 Å². The fourth-order valence-corrected chi connectivity index (χ4v) is 0.287. The number of carbonyl (C=O) groups is 1. The van der Waals surface area contributed by atoms with E-state index < -0.39 is 24.7 Å². The Balaban J connectivity index is 3.63. The lowest BCUT2D eigenvalue weighted by atomic mass is 10.4. The Hall–Kier alpha value is -1.53. The third-order valence-corrected chi connectivity index (χ3v) is 0.761. The first kappa shape index (κ1) is 10.5. The largest absolute Gasteiger partial charge is 0.476 e. The van der Waals surface area contributed by atoms with E-state index in [2.05, 4.69) is 5.10 Å². The van der Waals surface area contributed by atoms with Gasteiger partial charge in [0.1, 0.15) is 0 Å². The van der Waals surface area contributed by atoms with Crippen molar-refractivity contribution in [1.82, 2.24) is 5.43 Å². The van der Waals surface area contributed by atoms with Crippen LogP contribution in [0.2, 0.25) is 0 Å². The molecule has 0 aliphatic rings. The number of carboxylic acids is 1. The number of halogens is 2. The summed E-state index contributed by atoms with van der Waals surface area (Å²) in [4.78, 5) is 9.94. The van der Waals surface area contributed by atoms with Crippen molar-refractivity contribution in [2.75, 3.05) is 6.54 Å². The van der Waals surface area contributed by atoms with Gasteiger partial charge in [-0.1, -0.05) is 0 Å². The summed E-state index contributed by atoms with van der Waals surface area (Å²) in [5, 5.41) is 17.8. The van der Waals surface area contributed by atoms with Crippen LogP contribution in [0.4, 0.5) is 8.78 Å². The number of hydrogen-bond acceptors (Lipinski definition) is 4. The molecule has 0 fully saturated rings. The van der Waals surface area contributed by atoms with Crippen LogP contribution in [-0.2, 0) is 4.79 Å². The van der Waals surface area contributed by atoms with E-state index in [9.17, 15) is 13.6 Å². The normalized spacial score (nSPS) is 10.6. The third-order valence-electron chi connectivity index (χ3n) is 0.761. The highest BCUT2D eigenvalue weighted by Crippen LogP contribution is 1.86. The number of alkyl halides is 2. The monoisotopic (exact) mass is 179 g/mol. The molecule has 0 atom stereocenters. The summed E-state index contributed by atoms with van der Waals surface area (Å²) in [6.07, 6.45) is -1.91. The lowest BCUT2D eigenvalue weighted by Gasteiger charge is -1.96. The maximum absolute atomic E-state index is 11.4. The Morgan fingerprint density at radius 3 is 2.75 bits per heavy atom. The van der Waals surface area contributed by atoms with Crippen molar-refractivity contribution in [3.8, 4) is 0 Å². The molecular weight excluding hydrogens is 172 g/mol. The van der Waals surface area contributed by atoms with Crippen molar-refractivity contribution in [2.24, 2.45) is 5.10 Å². The average Bonchev–Trinajstić information content (AvgIpc) is 1.97. The summed E-state index contributed by atoms with van der Waals surface area (Å²) in [6.45, 7) is -0.663. The van der Waals surface area contributed by atoms with Crippen molar-refractivity contribution >= 4 is 17.9 Å². The van der Waals surface area contributed by atoms with E-state index in [1.165, 1.54) is 0 Å². The number of hydrogen-bond donors (Lipinski definition) is 3. The summed E-state index contributed by atoms with van der Waals surface area (Å²) < 4.78 is 22.8. The third kappa shape index (κ3) is 5.27. The molecule has 3 N–H and O–H groups in total. The Bertz CT molecular complexity index is 205. The van der Waals surface area contributed by atoms with E-state index in [1.54, 1.807) is 0 Å².